The number of amides is 2. The van der Waals surface area contributed by atoms with E-state index in [0.29, 0.717) is 13.1 Å². The zero-order valence-corrected chi connectivity index (χ0v) is 20.4. The van der Waals surface area contributed by atoms with Crippen molar-refractivity contribution >= 4 is 40.5 Å². The van der Waals surface area contributed by atoms with Crippen LogP contribution in [0, 0.1) is 12.8 Å². The number of carbonyl (C=O) groups excluding carboxylic acids is 2. The number of thioether (sulfide) groups is 1. The lowest BCUT2D eigenvalue weighted by Crippen LogP contribution is -2.69. The van der Waals surface area contributed by atoms with Crippen LogP contribution in [0.25, 0.3) is 5.57 Å². The fourth-order valence-electron chi connectivity index (χ4n) is 4.83. The molecule has 3 N–H and O–H groups in total. The van der Waals surface area contributed by atoms with E-state index in [1.54, 1.807) is 23.1 Å². The number of thiophene rings is 1. The van der Waals surface area contributed by atoms with Crippen LogP contribution < -0.4 is 16.0 Å². The summed E-state index contributed by atoms with van der Waals surface area (Å²) >= 11 is 3.31. The molecule has 3 aliphatic rings. The molecule has 8 heteroatoms. The van der Waals surface area contributed by atoms with Crippen molar-refractivity contribution in [1.29, 1.82) is 0 Å². The summed E-state index contributed by atoms with van der Waals surface area (Å²) in [5.41, 5.74) is 3.55. The summed E-state index contributed by atoms with van der Waals surface area (Å²) < 4.78 is 0. The average molecular weight is 483 g/mol. The van der Waals surface area contributed by atoms with E-state index >= 15 is 0 Å². The number of nitrogens with one attached hydrogen (secondary N) is 3. The Bertz CT molecular complexity index is 1020. The second-order valence-corrected chi connectivity index (χ2v) is 11.1. The van der Waals surface area contributed by atoms with E-state index in [9.17, 15) is 9.59 Å². The first kappa shape index (κ1) is 22.7. The highest BCUT2D eigenvalue weighted by molar-refractivity contribution is 8.04. The van der Waals surface area contributed by atoms with Crippen molar-refractivity contribution in [2.45, 2.75) is 43.8 Å². The number of nitrogens with zero attached hydrogens (tertiary/aromatic N) is 1. The molecule has 0 spiro atoms. The molecule has 0 aliphatic carbocycles. The maximum atomic E-state index is 12.9. The van der Waals surface area contributed by atoms with Crippen LogP contribution in [0.5, 0.6) is 0 Å². The molecular formula is C25H30N4O2S2. The highest BCUT2D eigenvalue weighted by atomic mass is 32.2. The fraction of sp³-hybridized carbons (Fsp3) is 0.440. The molecule has 1 aromatic heterocycles. The molecule has 2 aromatic rings. The molecule has 5 rings (SSSR count). The SMILES string of the molecule is Cc1ccc(C2=CSC3C(=O)NC(N4CCCC(C(=O)NCCc5cccs5)C4)NC23)cc1. The summed E-state index contributed by atoms with van der Waals surface area (Å²) in [6.07, 6.45) is 2.45. The predicted molar refractivity (Wildman–Crippen MR) is 135 cm³/mol. The molecule has 2 fully saturated rings. The predicted octanol–water partition coefficient (Wildman–Crippen LogP) is 2.96. The summed E-state index contributed by atoms with van der Waals surface area (Å²) in [7, 11) is 0. The summed E-state index contributed by atoms with van der Waals surface area (Å²) in [5.74, 6) is 0.131. The van der Waals surface area contributed by atoms with Gasteiger partial charge >= 0.3 is 0 Å². The molecule has 2 amide bonds. The number of hydrogen-bond donors (Lipinski definition) is 3. The second kappa shape index (κ2) is 10.0. The highest BCUT2D eigenvalue weighted by Gasteiger charge is 2.44. The van der Waals surface area contributed by atoms with Gasteiger partial charge in [0.15, 0.2) is 0 Å². The lowest BCUT2D eigenvalue weighted by molar-refractivity contribution is -0.129. The van der Waals surface area contributed by atoms with Gasteiger partial charge in [0.25, 0.3) is 0 Å². The highest BCUT2D eigenvalue weighted by Crippen LogP contribution is 2.38. The van der Waals surface area contributed by atoms with Gasteiger partial charge in [-0.3, -0.25) is 19.8 Å². The van der Waals surface area contributed by atoms with E-state index in [-0.39, 0.29) is 35.3 Å². The molecule has 6 nitrogen and oxygen atoms in total. The van der Waals surface area contributed by atoms with E-state index in [0.717, 1.165) is 31.4 Å². The second-order valence-electron chi connectivity index (χ2n) is 9.01. The van der Waals surface area contributed by atoms with Crippen LogP contribution in [0.2, 0.25) is 0 Å². The topological polar surface area (TPSA) is 73.5 Å². The molecular weight excluding hydrogens is 452 g/mol. The quantitative estimate of drug-likeness (QED) is 0.591. The zero-order valence-electron chi connectivity index (χ0n) is 18.8. The van der Waals surface area contributed by atoms with Crippen LogP contribution in [0.15, 0.2) is 47.2 Å². The van der Waals surface area contributed by atoms with E-state index in [1.807, 2.05) is 6.07 Å². The summed E-state index contributed by atoms with van der Waals surface area (Å²) in [6.45, 7) is 4.26. The van der Waals surface area contributed by atoms with E-state index < -0.39 is 0 Å². The smallest absolute Gasteiger partial charge is 0.237 e. The number of piperidine rings is 1. The first-order valence-corrected chi connectivity index (χ1v) is 13.4. The molecule has 0 radical (unpaired) electrons. The number of fused-ring (bicyclic) bond motifs is 1. The van der Waals surface area contributed by atoms with Crippen LogP contribution in [-0.4, -0.2) is 53.9 Å². The van der Waals surface area contributed by atoms with Gasteiger partial charge in [0.05, 0.1) is 12.0 Å². The third kappa shape index (κ3) is 5.04. The maximum absolute atomic E-state index is 12.9. The number of hydrogen-bond acceptors (Lipinski definition) is 6. The molecule has 4 atom stereocenters. The van der Waals surface area contributed by atoms with Gasteiger partial charge in [-0.2, -0.15) is 0 Å². The standard InChI is InChI=1S/C25H30N4O2S2/c1-16-6-8-17(9-7-16)20-15-33-22-21(20)27-25(28-24(22)31)29-12-2-4-18(14-29)23(30)26-11-10-19-5-3-13-32-19/h3,5-9,13,15,18,21-22,25,27H,2,4,10-12,14H2,1H3,(H,26,30)(H,28,31). The van der Waals surface area contributed by atoms with Gasteiger partial charge in [0.2, 0.25) is 11.8 Å². The monoisotopic (exact) mass is 482 g/mol. The summed E-state index contributed by atoms with van der Waals surface area (Å²) in [5, 5.41) is 14.0. The van der Waals surface area contributed by atoms with Crippen LogP contribution >= 0.6 is 23.1 Å². The molecule has 2 saturated heterocycles. The van der Waals surface area contributed by atoms with Crippen molar-refractivity contribution in [3.63, 3.8) is 0 Å². The van der Waals surface area contributed by atoms with Crippen molar-refractivity contribution < 1.29 is 9.59 Å². The van der Waals surface area contributed by atoms with Crippen LogP contribution in [0.4, 0.5) is 0 Å². The van der Waals surface area contributed by atoms with Crippen molar-refractivity contribution in [2.75, 3.05) is 19.6 Å². The molecule has 4 unspecified atom stereocenters. The molecule has 4 heterocycles. The fourth-order valence-corrected chi connectivity index (χ4v) is 6.69. The number of rotatable bonds is 6. The summed E-state index contributed by atoms with van der Waals surface area (Å²) in [4.78, 5) is 29.2. The van der Waals surface area contributed by atoms with Gasteiger partial charge in [0, 0.05) is 24.5 Å². The average Bonchev–Trinajstić information content (AvgIpc) is 3.50. The minimum atomic E-state index is -0.256. The zero-order chi connectivity index (χ0) is 22.8. The Hall–Kier alpha value is -2.13. The van der Waals surface area contributed by atoms with Gasteiger partial charge in [-0.25, -0.2) is 0 Å². The van der Waals surface area contributed by atoms with Gasteiger partial charge in [0.1, 0.15) is 11.5 Å². The first-order chi connectivity index (χ1) is 16.1. The Morgan fingerprint density at radius 3 is 2.88 bits per heavy atom. The van der Waals surface area contributed by atoms with Crippen LogP contribution in [0.3, 0.4) is 0 Å². The Balaban J connectivity index is 1.20. The van der Waals surface area contributed by atoms with Gasteiger partial charge in [-0.1, -0.05) is 35.9 Å². The van der Waals surface area contributed by atoms with E-state index in [4.69, 9.17) is 0 Å². The number of aryl methyl sites for hydroxylation is 1. The Morgan fingerprint density at radius 2 is 2.09 bits per heavy atom. The number of benzene rings is 1. The molecule has 1 aromatic carbocycles. The molecule has 0 bridgehead atoms. The number of carbonyl (C=O) groups is 2. The normalized spacial score (nSPS) is 27.5. The lowest BCUT2D eigenvalue weighted by atomic mass is 9.94. The molecule has 3 aliphatic heterocycles. The Kier molecular flexibility index (Phi) is 6.87. The van der Waals surface area contributed by atoms with Crippen LogP contribution in [0.1, 0.15) is 28.8 Å². The maximum Gasteiger partial charge on any atom is 0.237 e. The van der Waals surface area contributed by atoms with Gasteiger partial charge in [-0.05, 0) is 54.2 Å². The molecule has 0 saturated carbocycles. The van der Waals surface area contributed by atoms with Gasteiger partial charge < -0.3 is 10.6 Å². The third-order valence-corrected chi connectivity index (χ3v) is 8.78. The van der Waals surface area contributed by atoms with Crippen molar-refractivity contribution in [3.8, 4) is 0 Å². The van der Waals surface area contributed by atoms with Crippen LogP contribution in [-0.2, 0) is 16.0 Å². The third-order valence-electron chi connectivity index (χ3n) is 6.68. The molecule has 33 heavy (non-hydrogen) atoms. The minimum Gasteiger partial charge on any atom is -0.355 e. The lowest BCUT2D eigenvalue weighted by Gasteiger charge is -2.43. The van der Waals surface area contributed by atoms with E-state index in [1.165, 1.54) is 16.0 Å². The Morgan fingerprint density at radius 1 is 1.24 bits per heavy atom. The Labute approximate surface area is 203 Å². The van der Waals surface area contributed by atoms with E-state index in [2.05, 4.69) is 68.9 Å². The molecule has 174 valence electrons. The number of likely N-dealkylation sites (tertiary alicyclic amines) is 1. The minimum absolute atomic E-state index is 0.0311. The van der Waals surface area contributed by atoms with Crippen molar-refractivity contribution in [3.05, 3.63) is 63.2 Å². The first-order valence-electron chi connectivity index (χ1n) is 11.6. The largest absolute Gasteiger partial charge is 0.355 e. The van der Waals surface area contributed by atoms with Gasteiger partial charge in [-0.15, -0.1) is 23.1 Å². The summed E-state index contributed by atoms with van der Waals surface area (Å²) in [6, 6.07) is 12.6. The van der Waals surface area contributed by atoms with Crippen molar-refractivity contribution in [1.82, 2.24) is 20.9 Å². The van der Waals surface area contributed by atoms with Crippen molar-refractivity contribution in [2.24, 2.45) is 5.92 Å².